The van der Waals surface area contributed by atoms with Gasteiger partial charge in [-0.2, -0.15) is 5.26 Å². The van der Waals surface area contributed by atoms with Crippen LogP contribution < -0.4 is 5.56 Å². The molecular weight excluding hydrogens is 318 g/mol. The van der Waals surface area contributed by atoms with E-state index < -0.39 is 10.5 Å². The van der Waals surface area contributed by atoms with Gasteiger partial charge in [-0.05, 0) is 42.3 Å². The molecule has 0 amide bonds. The topological polar surface area (TPSA) is 99.8 Å². The van der Waals surface area contributed by atoms with E-state index in [2.05, 4.69) is 4.98 Å². The number of aromatic amines is 1. The monoisotopic (exact) mass is 331 g/mol. The van der Waals surface area contributed by atoms with Crippen molar-refractivity contribution in [3.8, 4) is 28.5 Å². The maximum absolute atomic E-state index is 12.3. The minimum absolute atomic E-state index is 0.0229. The fraction of sp³-hybridized carbons (Fsp3) is 0.0526. The fourth-order valence-corrected chi connectivity index (χ4v) is 2.63. The predicted molar refractivity (Wildman–Crippen MR) is 94.0 cm³/mol. The van der Waals surface area contributed by atoms with Crippen LogP contribution >= 0.6 is 0 Å². The van der Waals surface area contributed by atoms with Gasteiger partial charge in [0.05, 0.1) is 4.92 Å². The number of hydrogen-bond donors (Lipinski definition) is 1. The van der Waals surface area contributed by atoms with E-state index in [1.54, 1.807) is 6.07 Å². The van der Waals surface area contributed by atoms with Crippen LogP contribution in [0.3, 0.4) is 0 Å². The molecule has 0 atom stereocenters. The number of aryl methyl sites for hydroxylation is 1. The van der Waals surface area contributed by atoms with Crippen LogP contribution in [0, 0.1) is 28.4 Å². The standard InChI is InChI=1S/C19H13N3O3/c1-12-3-2-4-14(9-12)18-10-16(17(11-20)19(23)21-18)13-5-7-15(8-6-13)22(24)25/h2-10H,1H3,(H,21,23). The molecule has 3 aromatic rings. The van der Waals surface area contributed by atoms with E-state index in [0.29, 0.717) is 16.8 Å². The lowest BCUT2D eigenvalue weighted by Crippen LogP contribution is -2.12. The number of nitro benzene ring substituents is 1. The number of nitrogens with zero attached hydrogens (tertiary/aromatic N) is 2. The molecule has 0 aliphatic heterocycles. The highest BCUT2D eigenvalue weighted by Crippen LogP contribution is 2.27. The van der Waals surface area contributed by atoms with Crippen LogP contribution in [0.2, 0.25) is 0 Å². The molecule has 0 bridgehead atoms. The molecule has 0 spiro atoms. The van der Waals surface area contributed by atoms with E-state index in [9.17, 15) is 20.2 Å². The van der Waals surface area contributed by atoms with Crippen molar-refractivity contribution in [1.29, 1.82) is 5.26 Å². The molecule has 0 fully saturated rings. The highest BCUT2D eigenvalue weighted by atomic mass is 16.6. The number of nitro groups is 1. The van der Waals surface area contributed by atoms with Crippen molar-refractivity contribution in [2.24, 2.45) is 0 Å². The van der Waals surface area contributed by atoms with Crippen molar-refractivity contribution >= 4 is 5.69 Å². The zero-order valence-electron chi connectivity index (χ0n) is 13.3. The number of nitrogens with one attached hydrogen (secondary N) is 1. The zero-order chi connectivity index (χ0) is 18.0. The molecule has 0 unspecified atom stereocenters. The van der Waals surface area contributed by atoms with Gasteiger partial charge in [-0.25, -0.2) is 0 Å². The maximum Gasteiger partial charge on any atom is 0.269 e. The molecule has 1 aromatic heterocycles. The number of benzene rings is 2. The summed E-state index contributed by atoms with van der Waals surface area (Å²) in [6.45, 7) is 1.95. The molecule has 25 heavy (non-hydrogen) atoms. The number of non-ortho nitro benzene ring substituents is 1. The molecule has 6 heteroatoms. The molecule has 1 heterocycles. The molecular formula is C19H13N3O3. The van der Waals surface area contributed by atoms with Gasteiger partial charge in [-0.15, -0.1) is 0 Å². The average molecular weight is 331 g/mol. The van der Waals surface area contributed by atoms with Gasteiger partial charge in [0, 0.05) is 23.4 Å². The third-order valence-corrected chi connectivity index (χ3v) is 3.86. The van der Waals surface area contributed by atoms with Crippen LogP contribution in [0.4, 0.5) is 5.69 Å². The van der Waals surface area contributed by atoms with E-state index in [4.69, 9.17) is 0 Å². The van der Waals surface area contributed by atoms with Gasteiger partial charge in [0.2, 0.25) is 0 Å². The second kappa shape index (κ2) is 6.42. The molecule has 122 valence electrons. The quantitative estimate of drug-likeness (QED) is 0.583. The largest absolute Gasteiger partial charge is 0.321 e. The third-order valence-electron chi connectivity index (χ3n) is 3.86. The van der Waals surface area contributed by atoms with Crippen LogP contribution in [0.5, 0.6) is 0 Å². The van der Waals surface area contributed by atoms with E-state index in [1.165, 1.54) is 24.3 Å². The summed E-state index contributed by atoms with van der Waals surface area (Å²) in [4.78, 5) is 25.3. The first-order valence-corrected chi connectivity index (χ1v) is 7.49. The molecule has 0 aliphatic carbocycles. The number of hydrogen-bond acceptors (Lipinski definition) is 4. The molecule has 1 N–H and O–H groups in total. The molecule has 6 nitrogen and oxygen atoms in total. The second-order valence-corrected chi connectivity index (χ2v) is 5.59. The van der Waals surface area contributed by atoms with E-state index in [-0.39, 0.29) is 11.3 Å². The Morgan fingerprint density at radius 1 is 1.08 bits per heavy atom. The molecule has 0 aliphatic rings. The van der Waals surface area contributed by atoms with Gasteiger partial charge in [-0.3, -0.25) is 14.9 Å². The van der Waals surface area contributed by atoms with E-state index >= 15 is 0 Å². The number of rotatable bonds is 3. The summed E-state index contributed by atoms with van der Waals surface area (Å²) < 4.78 is 0. The van der Waals surface area contributed by atoms with Crippen molar-refractivity contribution < 1.29 is 4.92 Å². The maximum atomic E-state index is 12.3. The zero-order valence-corrected chi connectivity index (χ0v) is 13.3. The van der Waals surface area contributed by atoms with Crippen molar-refractivity contribution in [2.75, 3.05) is 0 Å². The van der Waals surface area contributed by atoms with E-state index in [1.807, 2.05) is 37.3 Å². The van der Waals surface area contributed by atoms with Crippen molar-refractivity contribution in [3.63, 3.8) is 0 Å². The Labute approximate surface area is 143 Å². The first-order chi connectivity index (χ1) is 12.0. The number of pyridine rings is 1. The Kier molecular flexibility index (Phi) is 4.14. The summed E-state index contributed by atoms with van der Waals surface area (Å²) in [5, 5.41) is 20.1. The molecule has 3 rings (SSSR count). The minimum atomic E-state index is -0.495. The summed E-state index contributed by atoms with van der Waals surface area (Å²) in [6, 6.07) is 17.0. The van der Waals surface area contributed by atoms with Crippen LogP contribution in [0.1, 0.15) is 11.1 Å². The van der Waals surface area contributed by atoms with Gasteiger partial charge >= 0.3 is 0 Å². The van der Waals surface area contributed by atoms with Crippen LogP contribution in [0.15, 0.2) is 59.4 Å². The van der Waals surface area contributed by atoms with Crippen LogP contribution in [-0.2, 0) is 0 Å². The second-order valence-electron chi connectivity index (χ2n) is 5.59. The lowest BCUT2D eigenvalue weighted by Gasteiger charge is -2.08. The fourth-order valence-electron chi connectivity index (χ4n) is 2.63. The minimum Gasteiger partial charge on any atom is -0.321 e. The smallest absolute Gasteiger partial charge is 0.269 e. The van der Waals surface area contributed by atoms with Gasteiger partial charge in [0.25, 0.3) is 11.2 Å². The van der Waals surface area contributed by atoms with Gasteiger partial charge in [0.15, 0.2) is 0 Å². The Morgan fingerprint density at radius 3 is 2.40 bits per heavy atom. The average Bonchev–Trinajstić information content (AvgIpc) is 2.61. The summed E-state index contributed by atoms with van der Waals surface area (Å²) in [6.07, 6.45) is 0. The highest BCUT2D eigenvalue weighted by molar-refractivity contribution is 5.75. The Bertz CT molecular complexity index is 1060. The SMILES string of the molecule is Cc1cccc(-c2cc(-c3ccc([N+](=O)[O-])cc3)c(C#N)c(=O)[nH]2)c1. The normalized spacial score (nSPS) is 10.2. The first kappa shape index (κ1) is 16.1. The van der Waals surface area contributed by atoms with Gasteiger partial charge in [-0.1, -0.05) is 23.8 Å². The summed E-state index contributed by atoms with van der Waals surface area (Å²) in [5.74, 6) is 0. The molecule has 0 radical (unpaired) electrons. The lowest BCUT2D eigenvalue weighted by molar-refractivity contribution is -0.384. The number of aromatic nitrogens is 1. The molecule has 2 aromatic carbocycles. The van der Waals surface area contributed by atoms with Crippen molar-refractivity contribution in [1.82, 2.24) is 4.98 Å². The van der Waals surface area contributed by atoms with Gasteiger partial charge < -0.3 is 4.98 Å². The number of nitriles is 1. The van der Waals surface area contributed by atoms with Crippen molar-refractivity contribution in [3.05, 3.63) is 86.2 Å². The lowest BCUT2D eigenvalue weighted by atomic mass is 9.98. The molecule has 0 saturated heterocycles. The third kappa shape index (κ3) is 3.16. The predicted octanol–water partition coefficient (Wildman–Crippen LogP) is 3.80. The first-order valence-electron chi connectivity index (χ1n) is 7.49. The Hall–Kier alpha value is -3.72. The Balaban J connectivity index is 2.20. The highest BCUT2D eigenvalue weighted by Gasteiger charge is 2.14. The summed E-state index contributed by atoms with van der Waals surface area (Å²) in [5.41, 5.74) is 2.90. The Morgan fingerprint density at radius 2 is 1.80 bits per heavy atom. The summed E-state index contributed by atoms with van der Waals surface area (Å²) >= 11 is 0. The summed E-state index contributed by atoms with van der Waals surface area (Å²) in [7, 11) is 0. The van der Waals surface area contributed by atoms with Gasteiger partial charge in [0.1, 0.15) is 11.6 Å². The van der Waals surface area contributed by atoms with Crippen molar-refractivity contribution in [2.45, 2.75) is 6.92 Å². The number of H-pyrrole nitrogens is 1. The van der Waals surface area contributed by atoms with Crippen LogP contribution in [-0.4, -0.2) is 9.91 Å². The van der Waals surface area contributed by atoms with Crippen LogP contribution in [0.25, 0.3) is 22.4 Å². The molecule has 0 saturated carbocycles. The van der Waals surface area contributed by atoms with E-state index in [0.717, 1.165) is 11.1 Å².